The van der Waals surface area contributed by atoms with Crippen LogP contribution in [-0.2, 0) is 16.0 Å². The van der Waals surface area contributed by atoms with Gasteiger partial charge in [0.2, 0.25) is 5.91 Å². The van der Waals surface area contributed by atoms with Crippen LogP contribution in [0.3, 0.4) is 0 Å². The summed E-state index contributed by atoms with van der Waals surface area (Å²) < 4.78 is 0. The fourth-order valence-corrected chi connectivity index (χ4v) is 2.10. The van der Waals surface area contributed by atoms with E-state index in [0.29, 0.717) is 11.7 Å². The quantitative estimate of drug-likeness (QED) is 0.801. The Morgan fingerprint density at radius 1 is 1.26 bits per heavy atom. The molecule has 1 aromatic carbocycles. The summed E-state index contributed by atoms with van der Waals surface area (Å²) in [5.41, 5.74) is 0.895. The minimum absolute atomic E-state index is 0.234. The van der Waals surface area contributed by atoms with E-state index >= 15 is 0 Å². The summed E-state index contributed by atoms with van der Waals surface area (Å²) in [6.07, 6.45) is 0.300. The molecular formula is C14H19NO3S. The van der Waals surface area contributed by atoms with Gasteiger partial charge in [-0.15, -0.1) is 11.8 Å². The summed E-state index contributed by atoms with van der Waals surface area (Å²) in [5.74, 6) is -0.954. The highest BCUT2D eigenvalue weighted by molar-refractivity contribution is 8.00. The molecule has 0 aliphatic rings. The number of hydrogen-bond acceptors (Lipinski definition) is 3. The Hall–Kier alpha value is -1.49. The zero-order chi connectivity index (χ0) is 14.3. The van der Waals surface area contributed by atoms with Crippen LogP contribution in [0.1, 0.15) is 19.4 Å². The summed E-state index contributed by atoms with van der Waals surface area (Å²) >= 11 is 1.49. The third kappa shape index (κ3) is 6.29. The van der Waals surface area contributed by atoms with Crippen molar-refractivity contribution < 1.29 is 14.7 Å². The molecule has 0 aromatic heterocycles. The lowest BCUT2D eigenvalue weighted by Gasteiger charge is -2.15. The number of amides is 1. The van der Waals surface area contributed by atoms with E-state index in [2.05, 4.69) is 5.32 Å². The SMILES string of the molecule is CC(C)SCC(=O)N[C@H](Cc1ccccc1)C(=O)O. The molecule has 0 unspecified atom stereocenters. The summed E-state index contributed by atoms with van der Waals surface area (Å²) in [7, 11) is 0. The van der Waals surface area contributed by atoms with Crippen LogP contribution in [-0.4, -0.2) is 34.0 Å². The summed E-state index contributed by atoms with van der Waals surface area (Å²) in [6, 6.07) is 8.41. The van der Waals surface area contributed by atoms with Gasteiger partial charge in [-0.25, -0.2) is 4.79 Å². The predicted molar refractivity (Wildman–Crippen MR) is 77.3 cm³/mol. The lowest BCUT2D eigenvalue weighted by Crippen LogP contribution is -2.43. The molecule has 5 heteroatoms. The number of carboxylic acids is 1. The van der Waals surface area contributed by atoms with E-state index in [-0.39, 0.29) is 11.7 Å². The van der Waals surface area contributed by atoms with E-state index in [1.54, 1.807) is 0 Å². The van der Waals surface area contributed by atoms with Crippen molar-refractivity contribution in [1.29, 1.82) is 0 Å². The van der Waals surface area contributed by atoms with Gasteiger partial charge in [0.15, 0.2) is 0 Å². The standard InChI is InChI=1S/C14H19NO3S/c1-10(2)19-9-13(16)15-12(14(17)18)8-11-6-4-3-5-7-11/h3-7,10,12H,8-9H2,1-2H3,(H,15,16)(H,17,18)/t12-/m1/s1. The number of benzene rings is 1. The van der Waals surface area contributed by atoms with Crippen molar-refractivity contribution in [2.75, 3.05) is 5.75 Å². The Balaban J connectivity index is 2.54. The van der Waals surface area contributed by atoms with Crippen molar-refractivity contribution >= 4 is 23.6 Å². The van der Waals surface area contributed by atoms with Crippen molar-refractivity contribution in [1.82, 2.24) is 5.32 Å². The summed E-state index contributed by atoms with van der Waals surface area (Å²) in [4.78, 5) is 22.8. The van der Waals surface area contributed by atoms with Crippen LogP contribution in [0.15, 0.2) is 30.3 Å². The molecule has 1 rings (SSSR count). The molecule has 1 aromatic rings. The number of rotatable bonds is 7. The molecule has 104 valence electrons. The third-order valence-electron chi connectivity index (χ3n) is 2.46. The largest absolute Gasteiger partial charge is 0.480 e. The molecule has 0 radical (unpaired) electrons. The number of thioether (sulfide) groups is 1. The molecule has 1 amide bonds. The fourth-order valence-electron chi connectivity index (χ4n) is 1.53. The van der Waals surface area contributed by atoms with Crippen LogP contribution >= 0.6 is 11.8 Å². The van der Waals surface area contributed by atoms with E-state index in [4.69, 9.17) is 5.11 Å². The average Bonchev–Trinajstić information content (AvgIpc) is 2.36. The molecule has 0 aliphatic carbocycles. The maximum absolute atomic E-state index is 11.7. The Bertz CT molecular complexity index is 420. The smallest absolute Gasteiger partial charge is 0.326 e. The minimum atomic E-state index is -1.01. The molecule has 1 atom stereocenters. The average molecular weight is 281 g/mol. The van der Waals surface area contributed by atoms with Gasteiger partial charge < -0.3 is 10.4 Å². The number of carboxylic acid groups (broad SMARTS) is 1. The van der Waals surface area contributed by atoms with Gasteiger partial charge in [0.1, 0.15) is 6.04 Å². The first-order valence-corrected chi connectivity index (χ1v) is 7.21. The van der Waals surface area contributed by atoms with Crippen molar-refractivity contribution in [2.24, 2.45) is 0 Å². The Morgan fingerprint density at radius 2 is 1.89 bits per heavy atom. The molecule has 0 saturated heterocycles. The number of carbonyl (C=O) groups excluding carboxylic acids is 1. The molecular weight excluding hydrogens is 262 g/mol. The summed E-state index contributed by atoms with van der Waals surface area (Å²) in [5, 5.41) is 12.1. The topological polar surface area (TPSA) is 66.4 Å². The Morgan fingerprint density at radius 3 is 2.42 bits per heavy atom. The van der Waals surface area contributed by atoms with Crippen molar-refractivity contribution in [3.63, 3.8) is 0 Å². The van der Waals surface area contributed by atoms with Gasteiger partial charge in [0.25, 0.3) is 0 Å². The minimum Gasteiger partial charge on any atom is -0.480 e. The lowest BCUT2D eigenvalue weighted by molar-refractivity contribution is -0.141. The zero-order valence-electron chi connectivity index (χ0n) is 11.1. The first-order chi connectivity index (χ1) is 8.99. The van der Waals surface area contributed by atoms with Crippen LogP contribution in [0.25, 0.3) is 0 Å². The molecule has 19 heavy (non-hydrogen) atoms. The molecule has 0 saturated carbocycles. The number of nitrogens with one attached hydrogen (secondary N) is 1. The van der Waals surface area contributed by atoms with Crippen molar-refractivity contribution in [3.8, 4) is 0 Å². The first kappa shape index (κ1) is 15.6. The molecule has 0 bridgehead atoms. The normalized spacial score (nSPS) is 12.2. The molecule has 0 fully saturated rings. The summed E-state index contributed by atoms with van der Waals surface area (Å²) in [6.45, 7) is 3.99. The second-order valence-electron chi connectivity index (χ2n) is 4.51. The maximum Gasteiger partial charge on any atom is 0.326 e. The zero-order valence-corrected chi connectivity index (χ0v) is 11.9. The number of aliphatic carboxylic acids is 1. The fraction of sp³-hybridized carbons (Fsp3) is 0.429. The monoisotopic (exact) mass is 281 g/mol. The van der Waals surface area contributed by atoms with Gasteiger partial charge in [-0.3, -0.25) is 4.79 Å². The molecule has 2 N–H and O–H groups in total. The second kappa shape index (κ2) is 7.84. The Kier molecular flexibility index (Phi) is 6.42. The first-order valence-electron chi connectivity index (χ1n) is 6.16. The maximum atomic E-state index is 11.7. The van der Waals surface area contributed by atoms with Crippen LogP contribution < -0.4 is 5.32 Å². The highest BCUT2D eigenvalue weighted by Gasteiger charge is 2.20. The van der Waals surface area contributed by atoms with E-state index in [0.717, 1.165) is 5.56 Å². The molecule has 4 nitrogen and oxygen atoms in total. The Labute approximate surface area is 117 Å². The van der Waals surface area contributed by atoms with Gasteiger partial charge in [-0.2, -0.15) is 0 Å². The molecule has 0 aliphatic heterocycles. The van der Waals surface area contributed by atoms with Gasteiger partial charge in [-0.1, -0.05) is 44.2 Å². The molecule has 0 heterocycles. The van der Waals surface area contributed by atoms with Crippen molar-refractivity contribution in [3.05, 3.63) is 35.9 Å². The highest BCUT2D eigenvalue weighted by Crippen LogP contribution is 2.09. The van der Waals surface area contributed by atoms with E-state index in [1.165, 1.54) is 11.8 Å². The number of hydrogen-bond donors (Lipinski definition) is 2. The van der Waals surface area contributed by atoms with Crippen LogP contribution in [0.4, 0.5) is 0 Å². The van der Waals surface area contributed by atoms with Gasteiger partial charge in [-0.05, 0) is 10.8 Å². The van der Waals surface area contributed by atoms with Gasteiger partial charge in [0, 0.05) is 6.42 Å². The van der Waals surface area contributed by atoms with Gasteiger partial charge >= 0.3 is 5.97 Å². The second-order valence-corrected chi connectivity index (χ2v) is 6.07. The van der Waals surface area contributed by atoms with E-state index in [1.807, 2.05) is 44.2 Å². The number of carbonyl (C=O) groups is 2. The van der Waals surface area contributed by atoms with E-state index < -0.39 is 12.0 Å². The van der Waals surface area contributed by atoms with Crippen LogP contribution in [0.5, 0.6) is 0 Å². The van der Waals surface area contributed by atoms with Gasteiger partial charge in [0.05, 0.1) is 5.75 Å². The van der Waals surface area contributed by atoms with Crippen LogP contribution in [0.2, 0.25) is 0 Å². The van der Waals surface area contributed by atoms with Crippen LogP contribution in [0, 0.1) is 0 Å². The highest BCUT2D eigenvalue weighted by atomic mass is 32.2. The van der Waals surface area contributed by atoms with Crippen molar-refractivity contribution in [2.45, 2.75) is 31.6 Å². The third-order valence-corrected chi connectivity index (χ3v) is 3.56. The predicted octanol–water partition coefficient (Wildman–Crippen LogP) is 1.94. The molecule has 0 spiro atoms. The van der Waals surface area contributed by atoms with E-state index in [9.17, 15) is 9.59 Å². The lowest BCUT2D eigenvalue weighted by atomic mass is 10.1.